The van der Waals surface area contributed by atoms with Crippen molar-refractivity contribution < 1.29 is 9.47 Å². The number of halogens is 1. The summed E-state index contributed by atoms with van der Waals surface area (Å²) in [7, 11) is 3.22. The van der Waals surface area contributed by atoms with Gasteiger partial charge < -0.3 is 20.1 Å². The number of nitrogens with zero attached hydrogens (tertiary/aromatic N) is 2. The Morgan fingerprint density at radius 3 is 2.75 bits per heavy atom. The largest absolute Gasteiger partial charge is 0.497 e. The Morgan fingerprint density at radius 2 is 2.12 bits per heavy atom. The smallest absolute Gasteiger partial charge is 0.170 e. The van der Waals surface area contributed by atoms with E-state index in [0.29, 0.717) is 15.9 Å². The van der Waals surface area contributed by atoms with E-state index in [2.05, 4.69) is 15.7 Å². The van der Waals surface area contributed by atoms with Crippen molar-refractivity contribution in [2.75, 3.05) is 26.1 Å². The van der Waals surface area contributed by atoms with Crippen molar-refractivity contribution in [1.82, 2.24) is 15.1 Å². The molecule has 24 heavy (non-hydrogen) atoms. The van der Waals surface area contributed by atoms with Crippen LogP contribution in [0.25, 0.3) is 0 Å². The number of thiocarbonyl (C=S) groups is 1. The van der Waals surface area contributed by atoms with E-state index in [1.54, 1.807) is 26.5 Å². The van der Waals surface area contributed by atoms with Crippen molar-refractivity contribution in [2.45, 2.75) is 19.9 Å². The Morgan fingerprint density at radius 1 is 1.33 bits per heavy atom. The molecule has 0 fully saturated rings. The highest BCUT2D eigenvalue weighted by atomic mass is 35.5. The van der Waals surface area contributed by atoms with Crippen LogP contribution in [0.2, 0.25) is 5.02 Å². The van der Waals surface area contributed by atoms with Gasteiger partial charge in [0, 0.05) is 19.2 Å². The molecule has 0 spiro atoms. The highest BCUT2D eigenvalue weighted by molar-refractivity contribution is 7.80. The summed E-state index contributed by atoms with van der Waals surface area (Å²) in [6.07, 6.45) is 2.53. The molecule has 8 heteroatoms. The van der Waals surface area contributed by atoms with Crippen LogP contribution < -0.4 is 20.1 Å². The van der Waals surface area contributed by atoms with Gasteiger partial charge in [-0.2, -0.15) is 5.10 Å². The molecule has 2 N–H and O–H groups in total. The Balaban J connectivity index is 1.80. The van der Waals surface area contributed by atoms with Gasteiger partial charge in [-0.15, -0.1) is 0 Å². The first-order valence-electron chi connectivity index (χ1n) is 7.50. The molecule has 0 aliphatic rings. The predicted octanol–water partition coefficient (Wildman–Crippen LogP) is 3.24. The Bertz CT molecular complexity index is 705. The van der Waals surface area contributed by atoms with Gasteiger partial charge in [0.05, 0.1) is 36.8 Å². The molecular weight excluding hydrogens is 348 g/mol. The third kappa shape index (κ3) is 4.75. The first kappa shape index (κ1) is 18.4. The first-order valence-corrected chi connectivity index (χ1v) is 8.28. The van der Waals surface area contributed by atoms with E-state index in [1.165, 1.54) is 0 Å². The molecule has 6 nitrogen and oxygen atoms in total. The molecule has 0 aliphatic heterocycles. The SMILES string of the molecule is COc1ccc(NC(=S)NCCCn2ncc(Cl)c2C)c(OC)c1. The number of aromatic nitrogens is 2. The minimum atomic E-state index is 0.536. The fourth-order valence-corrected chi connectivity index (χ4v) is 2.50. The second-order valence-corrected chi connectivity index (χ2v) is 5.92. The number of anilines is 1. The zero-order chi connectivity index (χ0) is 17.5. The molecule has 1 heterocycles. The van der Waals surface area contributed by atoms with E-state index in [0.717, 1.165) is 36.6 Å². The lowest BCUT2D eigenvalue weighted by atomic mass is 10.2. The number of hydrogen-bond acceptors (Lipinski definition) is 4. The minimum Gasteiger partial charge on any atom is -0.497 e. The molecular formula is C16H21ClN4O2S. The summed E-state index contributed by atoms with van der Waals surface area (Å²) in [6, 6.07) is 5.51. The third-order valence-corrected chi connectivity index (χ3v) is 4.15. The van der Waals surface area contributed by atoms with Crippen molar-refractivity contribution in [1.29, 1.82) is 0 Å². The van der Waals surface area contributed by atoms with Crippen LogP contribution >= 0.6 is 23.8 Å². The number of methoxy groups -OCH3 is 2. The topological polar surface area (TPSA) is 60.3 Å². The predicted molar refractivity (Wildman–Crippen MR) is 100 cm³/mol. The van der Waals surface area contributed by atoms with Gasteiger partial charge in [0.25, 0.3) is 0 Å². The van der Waals surface area contributed by atoms with Crippen LogP contribution in [-0.4, -0.2) is 35.7 Å². The van der Waals surface area contributed by atoms with E-state index in [4.69, 9.17) is 33.3 Å². The number of aryl methyl sites for hydroxylation is 1. The summed E-state index contributed by atoms with van der Waals surface area (Å²) >= 11 is 11.3. The summed E-state index contributed by atoms with van der Waals surface area (Å²) in [4.78, 5) is 0. The number of ether oxygens (including phenoxy) is 2. The average Bonchev–Trinajstić information content (AvgIpc) is 2.91. The summed E-state index contributed by atoms with van der Waals surface area (Å²) in [6.45, 7) is 3.45. The highest BCUT2D eigenvalue weighted by Crippen LogP contribution is 2.28. The molecule has 1 aromatic carbocycles. The van der Waals surface area contributed by atoms with Gasteiger partial charge in [0.1, 0.15) is 11.5 Å². The maximum atomic E-state index is 5.98. The van der Waals surface area contributed by atoms with Crippen LogP contribution in [-0.2, 0) is 6.54 Å². The molecule has 0 unspecified atom stereocenters. The second-order valence-electron chi connectivity index (χ2n) is 5.10. The maximum Gasteiger partial charge on any atom is 0.170 e. The molecule has 0 bridgehead atoms. The molecule has 0 radical (unpaired) electrons. The molecule has 0 aliphatic carbocycles. The molecule has 0 saturated carbocycles. The quantitative estimate of drug-likeness (QED) is 0.578. The maximum absolute atomic E-state index is 5.98. The van der Waals surface area contributed by atoms with Gasteiger partial charge in [-0.25, -0.2) is 0 Å². The summed E-state index contributed by atoms with van der Waals surface area (Å²) in [5.74, 6) is 1.39. The van der Waals surface area contributed by atoms with Crippen molar-refractivity contribution >= 4 is 34.6 Å². The number of benzene rings is 1. The first-order chi connectivity index (χ1) is 11.5. The summed E-state index contributed by atoms with van der Waals surface area (Å²) in [5.41, 5.74) is 1.76. The summed E-state index contributed by atoms with van der Waals surface area (Å²) < 4.78 is 12.4. The Kier molecular flexibility index (Phi) is 6.69. The molecule has 0 amide bonds. The van der Waals surface area contributed by atoms with Crippen LogP contribution in [0.5, 0.6) is 11.5 Å². The Labute approximate surface area is 152 Å². The van der Waals surface area contributed by atoms with Crippen LogP contribution in [0.3, 0.4) is 0 Å². The zero-order valence-corrected chi connectivity index (χ0v) is 15.5. The van der Waals surface area contributed by atoms with Gasteiger partial charge in [-0.1, -0.05) is 11.6 Å². The van der Waals surface area contributed by atoms with Crippen molar-refractivity contribution in [3.8, 4) is 11.5 Å². The monoisotopic (exact) mass is 368 g/mol. The molecule has 1 aromatic heterocycles. The standard InChI is InChI=1S/C16H21ClN4O2S/c1-11-13(17)10-19-21(11)8-4-7-18-16(24)20-14-6-5-12(22-2)9-15(14)23-3/h5-6,9-10H,4,7-8H2,1-3H3,(H2,18,20,24). The number of hydrogen-bond donors (Lipinski definition) is 2. The van der Waals surface area contributed by atoms with Crippen molar-refractivity contribution in [3.63, 3.8) is 0 Å². The van der Waals surface area contributed by atoms with E-state index < -0.39 is 0 Å². The molecule has 0 atom stereocenters. The van der Waals surface area contributed by atoms with Crippen LogP contribution in [0.1, 0.15) is 12.1 Å². The van der Waals surface area contributed by atoms with Gasteiger partial charge in [-0.05, 0) is 37.7 Å². The van der Waals surface area contributed by atoms with Crippen molar-refractivity contribution in [2.24, 2.45) is 0 Å². The molecule has 2 rings (SSSR count). The van der Waals surface area contributed by atoms with E-state index in [9.17, 15) is 0 Å². The summed E-state index contributed by atoms with van der Waals surface area (Å²) in [5, 5.41) is 11.7. The normalized spacial score (nSPS) is 10.3. The second kappa shape index (κ2) is 8.75. The lowest BCUT2D eigenvalue weighted by Crippen LogP contribution is -2.30. The molecule has 2 aromatic rings. The number of rotatable bonds is 7. The van der Waals surface area contributed by atoms with Gasteiger partial charge in [-0.3, -0.25) is 4.68 Å². The van der Waals surface area contributed by atoms with E-state index >= 15 is 0 Å². The van der Waals surface area contributed by atoms with Gasteiger partial charge >= 0.3 is 0 Å². The minimum absolute atomic E-state index is 0.536. The number of nitrogens with one attached hydrogen (secondary N) is 2. The van der Waals surface area contributed by atoms with Gasteiger partial charge in [0.2, 0.25) is 0 Å². The lowest BCUT2D eigenvalue weighted by molar-refractivity contribution is 0.395. The highest BCUT2D eigenvalue weighted by Gasteiger charge is 2.07. The van der Waals surface area contributed by atoms with Crippen LogP contribution in [0.4, 0.5) is 5.69 Å². The van der Waals surface area contributed by atoms with Crippen LogP contribution in [0.15, 0.2) is 24.4 Å². The zero-order valence-electron chi connectivity index (χ0n) is 13.9. The van der Waals surface area contributed by atoms with Crippen molar-refractivity contribution in [3.05, 3.63) is 35.1 Å². The van der Waals surface area contributed by atoms with Gasteiger partial charge in [0.15, 0.2) is 5.11 Å². The van der Waals surface area contributed by atoms with Crippen LogP contribution in [0, 0.1) is 6.92 Å². The van der Waals surface area contributed by atoms with E-state index in [1.807, 2.05) is 23.7 Å². The average molecular weight is 369 g/mol. The fourth-order valence-electron chi connectivity index (χ4n) is 2.15. The lowest BCUT2D eigenvalue weighted by Gasteiger charge is -2.14. The Hall–Kier alpha value is -1.99. The van der Waals surface area contributed by atoms with E-state index in [-0.39, 0.29) is 0 Å². The molecule has 0 saturated heterocycles. The molecule has 130 valence electrons. The third-order valence-electron chi connectivity index (χ3n) is 3.53. The fraction of sp³-hybridized carbons (Fsp3) is 0.375.